The van der Waals surface area contributed by atoms with Crippen molar-refractivity contribution in [2.75, 3.05) is 13.0 Å². The van der Waals surface area contributed by atoms with Crippen LogP contribution in [0.25, 0.3) is 0 Å². The SMILES string of the molecule is COC(=O)c1ccc(C#CCCCl)c(O)c1. The Hall–Kier alpha value is -1.66. The van der Waals surface area contributed by atoms with Crippen LogP contribution in [-0.4, -0.2) is 24.1 Å². The van der Waals surface area contributed by atoms with Crippen LogP contribution in [0.4, 0.5) is 0 Å². The zero-order valence-corrected chi connectivity index (χ0v) is 9.54. The minimum Gasteiger partial charge on any atom is -0.507 e. The lowest BCUT2D eigenvalue weighted by Gasteiger charge is -2.01. The van der Waals surface area contributed by atoms with Crippen LogP contribution in [-0.2, 0) is 4.74 Å². The van der Waals surface area contributed by atoms with E-state index in [0.717, 1.165) is 0 Å². The lowest BCUT2D eigenvalue weighted by molar-refractivity contribution is 0.0600. The summed E-state index contributed by atoms with van der Waals surface area (Å²) in [7, 11) is 1.29. The van der Waals surface area contributed by atoms with Gasteiger partial charge in [0.15, 0.2) is 0 Å². The van der Waals surface area contributed by atoms with Gasteiger partial charge in [0.25, 0.3) is 0 Å². The van der Waals surface area contributed by atoms with Crippen molar-refractivity contribution in [1.82, 2.24) is 0 Å². The minimum absolute atomic E-state index is 0.0371. The number of carbonyl (C=O) groups is 1. The van der Waals surface area contributed by atoms with Crippen molar-refractivity contribution in [3.8, 4) is 17.6 Å². The molecule has 1 N–H and O–H groups in total. The van der Waals surface area contributed by atoms with E-state index < -0.39 is 5.97 Å². The second kappa shape index (κ2) is 6.04. The van der Waals surface area contributed by atoms with Crippen LogP contribution in [0.3, 0.4) is 0 Å². The monoisotopic (exact) mass is 238 g/mol. The second-order valence-electron chi connectivity index (χ2n) is 2.96. The van der Waals surface area contributed by atoms with Gasteiger partial charge in [0, 0.05) is 12.3 Å². The van der Waals surface area contributed by atoms with E-state index in [9.17, 15) is 9.90 Å². The minimum atomic E-state index is -0.490. The maximum absolute atomic E-state index is 11.2. The van der Waals surface area contributed by atoms with Crippen molar-refractivity contribution in [3.05, 3.63) is 29.3 Å². The van der Waals surface area contributed by atoms with E-state index in [0.29, 0.717) is 23.4 Å². The van der Waals surface area contributed by atoms with Crippen LogP contribution in [0.15, 0.2) is 18.2 Å². The molecule has 1 rings (SSSR count). The first-order valence-corrected chi connectivity index (χ1v) is 5.18. The van der Waals surface area contributed by atoms with Crippen LogP contribution in [0.5, 0.6) is 5.75 Å². The number of ether oxygens (including phenoxy) is 1. The Morgan fingerprint density at radius 3 is 2.88 bits per heavy atom. The van der Waals surface area contributed by atoms with Crippen molar-refractivity contribution >= 4 is 17.6 Å². The summed E-state index contributed by atoms with van der Waals surface area (Å²) in [6.07, 6.45) is 0.555. The van der Waals surface area contributed by atoms with Crippen molar-refractivity contribution in [2.24, 2.45) is 0 Å². The van der Waals surface area contributed by atoms with Gasteiger partial charge in [0.1, 0.15) is 5.75 Å². The van der Waals surface area contributed by atoms with Crippen LogP contribution in [0.1, 0.15) is 22.3 Å². The Labute approximate surface area is 99.0 Å². The fourth-order valence-electron chi connectivity index (χ4n) is 1.09. The number of carbonyl (C=O) groups excluding carboxylic acids is 1. The smallest absolute Gasteiger partial charge is 0.337 e. The van der Waals surface area contributed by atoms with Gasteiger partial charge in [0.2, 0.25) is 0 Å². The predicted molar refractivity (Wildman–Crippen MR) is 61.7 cm³/mol. The largest absolute Gasteiger partial charge is 0.507 e. The molecule has 1 aromatic carbocycles. The summed E-state index contributed by atoms with van der Waals surface area (Å²) < 4.78 is 4.53. The van der Waals surface area contributed by atoms with Crippen molar-refractivity contribution in [3.63, 3.8) is 0 Å². The maximum Gasteiger partial charge on any atom is 0.337 e. The molecule has 0 aliphatic rings. The summed E-state index contributed by atoms with van der Waals surface area (Å²) in [5.74, 6) is 5.48. The molecule has 0 saturated heterocycles. The predicted octanol–water partition coefficient (Wildman–Crippen LogP) is 2.16. The Kier molecular flexibility index (Phi) is 4.68. The number of phenols is 1. The van der Waals surface area contributed by atoms with Gasteiger partial charge in [-0.05, 0) is 18.2 Å². The number of hydrogen-bond donors (Lipinski definition) is 1. The third-order valence-corrected chi connectivity index (χ3v) is 2.05. The molecule has 0 aliphatic heterocycles. The number of phenolic OH excluding ortho intramolecular Hbond substituents is 1. The van der Waals surface area contributed by atoms with Crippen molar-refractivity contribution in [1.29, 1.82) is 0 Å². The van der Waals surface area contributed by atoms with Crippen molar-refractivity contribution in [2.45, 2.75) is 6.42 Å². The molecule has 84 valence electrons. The number of alkyl halides is 1. The molecule has 0 radical (unpaired) electrons. The fourth-order valence-corrected chi connectivity index (χ4v) is 1.18. The number of methoxy groups -OCH3 is 1. The third kappa shape index (κ3) is 3.18. The first-order chi connectivity index (χ1) is 7.69. The summed E-state index contributed by atoms with van der Waals surface area (Å²) in [4.78, 5) is 11.2. The van der Waals surface area contributed by atoms with Gasteiger partial charge in [-0.25, -0.2) is 4.79 Å². The molecule has 0 unspecified atom stereocenters. The van der Waals surface area contributed by atoms with Crippen LogP contribution >= 0.6 is 11.6 Å². The van der Waals surface area contributed by atoms with E-state index in [1.54, 1.807) is 12.1 Å². The highest BCUT2D eigenvalue weighted by molar-refractivity contribution is 6.18. The topological polar surface area (TPSA) is 46.5 Å². The number of aromatic hydroxyl groups is 1. The first-order valence-electron chi connectivity index (χ1n) is 4.65. The number of esters is 1. The normalized spacial score (nSPS) is 9.12. The molecule has 0 fully saturated rings. The molecule has 0 amide bonds. The Balaban J connectivity index is 2.93. The second-order valence-corrected chi connectivity index (χ2v) is 3.34. The molecule has 0 spiro atoms. The van der Waals surface area contributed by atoms with Gasteiger partial charge in [-0.2, -0.15) is 0 Å². The molecule has 0 aromatic heterocycles. The zero-order chi connectivity index (χ0) is 12.0. The number of halogens is 1. The molecule has 4 heteroatoms. The Morgan fingerprint density at radius 2 is 2.31 bits per heavy atom. The number of hydrogen-bond acceptors (Lipinski definition) is 3. The Bertz CT molecular complexity index is 443. The van der Waals surface area contributed by atoms with E-state index >= 15 is 0 Å². The molecule has 0 aliphatic carbocycles. The molecule has 16 heavy (non-hydrogen) atoms. The van der Waals surface area contributed by atoms with E-state index in [1.807, 2.05) is 0 Å². The molecule has 0 saturated carbocycles. The van der Waals surface area contributed by atoms with Gasteiger partial charge in [-0.1, -0.05) is 11.8 Å². The highest BCUT2D eigenvalue weighted by Crippen LogP contribution is 2.18. The van der Waals surface area contributed by atoms with E-state index in [4.69, 9.17) is 11.6 Å². The highest BCUT2D eigenvalue weighted by Gasteiger charge is 2.07. The number of rotatable bonds is 2. The van der Waals surface area contributed by atoms with Gasteiger partial charge in [-0.3, -0.25) is 0 Å². The van der Waals surface area contributed by atoms with Crippen LogP contribution < -0.4 is 0 Å². The lowest BCUT2D eigenvalue weighted by Crippen LogP contribution is -2.00. The summed E-state index contributed by atoms with van der Waals surface area (Å²) >= 11 is 5.47. The van der Waals surface area contributed by atoms with E-state index in [-0.39, 0.29) is 5.75 Å². The highest BCUT2D eigenvalue weighted by atomic mass is 35.5. The molecule has 0 bridgehead atoms. The molecular formula is C12H11ClO3. The molecular weight excluding hydrogens is 228 g/mol. The Morgan fingerprint density at radius 1 is 1.56 bits per heavy atom. The molecule has 3 nitrogen and oxygen atoms in total. The molecule has 0 atom stereocenters. The third-order valence-electron chi connectivity index (χ3n) is 1.86. The standard InChI is InChI=1S/C12H11ClO3/c1-16-12(15)10-6-5-9(11(14)8-10)4-2-3-7-13/h5-6,8,14H,3,7H2,1H3. The lowest BCUT2D eigenvalue weighted by atomic mass is 10.1. The van der Waals surface area contributed by atoms with Gasteiger partial charge in [-0.15, -0.1) is 11.6 Å². The van der Waals surface area contributed by atoms with E-state index in [2.05, 4.69) is 16.6 Å². The van der Waals surface area contributed by atoms with Gasteiger partial charge < -0.3 is 9.84 Å². The maximum atomic E-state index is 11.2. The fraction of sp³-hybridized carbons (Fsp3) is 0.250. The zero-order valence-electron chi connectivity index (χ0n) is 8.79. The summed E-state index contributed by atoms with van der Waals surface area (Å²) in [5.41, 5.74) is 0.765. The van der Waals surface area contributed by atoms with Gasteiger partial charge in [0.05, 0.1) is 18.2 Å². The average molecular weight is 239 g/mol. The summed E-state index contributed by atoms with van der Waals surface area (Å²) in [6, 6.07) is 4.45. The number of benzene rings is 1. The molecule has 1 aromatic rings. The van der Waals surface area contributed by atoms with Crippen LogP contribution in [0.2, 0.25) is 0 Å². The quantitative estimate of drug-likeness (QED) is 0.488. The van der Waals surface area contributed by atoms with Gasteiger partial charge >= 0.3 is 5.97 Å². The van der Waals surface area contributed by atoms with Crippen LogP contribution in [0, 0.1) is 11.8 Å². The molecule has 0 heterocycles. The summed E-state index contributed by atoms with van der Waals surface area (Å²) in [6.45, 7) is 0. The van der Waals surface area contributed by atoms with E-state index in [1.165, 1.54) is 13.2 Å². The van der Waals surface area contributed by atoms with Crippen molar-refractivity contribution < 1.29 is 14.6 Å². The average Bonchev–Trinajstić information content (AvgIpc) is 2.30. The summed E-state index contributed by atoms with van der Waals surface area (Å²) in [5, 5.41) is 9.59. The first kappa shape index (κ1) is 12.4.